The van der Waals surface area contributed by atoms with Gasteiger partial charge in [0.25, 0.3) is 5.91 Å². The Morgan fingerprint density at radius 3 is 2.17 bits per heavy atom. The van der Waals surface area contributed by atoms with Crippen LogP contribution in [-0.4, -0.2) is 24.9 Å². The van der Waals surface area contributed by atoms with Gasteiger partial charge in [-0.15, -0.1) is 0 Å². The van der Waals surface area contributed by atoms with Crippen LogP contribution in [0.5, 0.6) is 0 Å². The van der Waals surface area contributed by atoms with Gasteiger partial charge in [0.1, 0.15) is 0 Å². The van der Waals surface area contributed by atoms with Crippen LogP contribution in [0.15, 0.2) is 0 Å². The van der Waals surface area contributed by atoms with Crippen molar-refractivity contribution < 1.29 is 14.3 Å². The van der Waals surface area contributed by atoms with Crippen LogP contribution in [0.25, 0.3) is 0 Å². The van der Waals surface area contributed by atoms with Crippen LogP contribution in [-0.2, 0) is 14.3 Å². The molecule has 2 atom stereocenters. The van der Waals surface area contributed by atoms with Crippen molar-refractivity contribution in [3.05, 3.63) is 0 Å². The van der Waals surface area contributed by atoms with E-state index in [0.29, 0.717) is 0 Å². The Hall–Kier alpha value is -0.900. The molecule has 0 aromatic carbocycles. The molecular weight excluding hydrogens is 158 g/mol. The molecule has 0 spiro atoms. The lowest BCUT2D eigenvalue weighted by atomic mass is 10.1. The van der Waals surface area contributed by atoms with Crippen molar-refractivity contribution in [3.63, 3.8) is 0 Å². The molecule has 0 saturated heterocycles. The molecule has 0 aromatic rings. The zero-order valence-electron chi connectivity index (χ0n) is 7.30. The number of methoxy groups -OCH3 is 1. The van der Waals surface area contributed by atoms with Crippen LogP contribution in [0.3, 0.4) is 0 Å². The number of carbonyl (C=O) groups is 1. The Morgan fingerprint density at radius 1 is 1.58 bits per heavy atom. The highest BCUT2D eigenvalue weighted by Gasteiger charge is 2.77. The first-order valence-corrected chi connectivity index (χ1v) is 3.64. The lowest BCUT2D eigenvalue weighted by molar-refractivity contribution is -0.133. The summed E-state index contributed by atoms with van der Waals surface area (Å²) in [6.45, 7) is 3.44. The molecule has 1 N–H and O–H groups in total. The third kappa shape index (κ3) is 0.705. The summed E-state index contributed by atoms with van der Waals surface area (Å²) in [7, 11) is 1.34. The predicted octanol–water partition coefficient (Wildman–Crippen LogP) is -0.0532. The van der Waals surface area contributed by atoms with Gasteiger partial charge < -0.3 is 4.74 Å². The average molecular weight is 169 g/mol. The Kier molecular flexibility index (Phi) is 1.76. The van der Waals surface area contributed by atoms with E-state index < -0.39 is 22.8 Å². The van der Waals surface area contributed by atoms with Gasteiger partial charge in [-0.05, 0) is 0 Å². The van der Waals surface area contributed by atoms with Gasteiger partial charge in [0.15, 0.2) is 5.60 Å². The molecule has 66 valence electrons. The number of ether oxygens (including phenoxy) is 1. The maximum absolute atomic E-state index is 10.9. The van der Waals surface area contributed by atoms with Crippen molar-refractivity contribution in [3.8, 4) is 0 Å². The Balaban J connectivity index is 3.01. The third-order valence-electron chi connectivity index (χ3n) is 2.78. The van der Waals surface area contributed by atoms with Crippen molar-refractivity contribution in [1.82, 2.24) is 5.73 Å². The molecular formula is C8H11NO3. The van der Waals surface area contributed by atoms with Gasteiger partial charge in [0, 0.05) is 12.5 Å². The first kappa shape index (κ1) is 9.19. The lowest BCUT2D eigenvalue weighted by Crippen LogP contribution is -2.32. The zero-order chi connectivity index (χ0) is 9.57. The minimum atomic E-state index is -1.24. The van der Waals surface area contributed by atoms with Gasteiger partial charge in [-0.3, -0.25) is 15.3 Å². The number of carbonyl (C=O) groups excluding carboxylic acids is 2. The highest BCUT2D eigenvalue weighted by Crippen LogP contribution is 2.62. The first-order valence-electron chi connectivity index (χ1n) is 3.64. The maximum atomic E-state index is 10.9. The summed E-state index contributed by atoms with van der Waals surface area (Å²) in [6, 6.07) is 0. The Bertz CT molecular complexity index is 236. The molecule has 1 rings (SSSR count). The molecule has 1 aliphatic carbocycles. The molecule has 0 aromatic heterocycles. The summed E-state index contributed by atoms with van der Waals surface area (Å²) in [5.74, 6) is -1.44. The van der Waals surface area contributed by atoms with Gasteiger partial charge in [0.05, 0.1) is 5.92 Å². The molecule has 2 radical (unpaired) electrons. The van der Waals surface area contributed by atoms with Crippen LogP contribution >= 0.6 is 0 Å². The molecule has 0 heterocycles. The lowest BCUT2D eigenvalue weighted by Gasteiger charge is -2.12. The first-order chi connectivity index (χ1) is 5.45. The second kappa shape index (κ2) is 2.29. The number of nitrogens with one attached hydrogen (secondary N) is 1. The second-order valence-corrected chi connectivity index (χ2v) is 3.54. The number of hydrogen-bond acceptors (Lipinski definition) is 3. The average Bonchev–Trinajstić information content (AvgIpc) is 2.47. The summed E-state index contributed by atoms with van der Waals surface area (Å²) < 4.78 is 4.93. The second-order valence-electron chi connectivity index (χ2n) is 3.54. The summed E-state index contributed by atoms with van der Waals surface area (Å²) in [5, 5.41) is 0. The van der Waals surface area contributed by atoms with E-state index in [-0.39, 0.29) is 0 Å². The summed E-state index contributed by atoms with van der Waals surface area (Å²) in [5.41, 5.74) is 5.17. The number of amides is 1. The maximum Gasteiger partial charge on any atom is 0.271 e. The number of hydrogen-bond donors (Lipinski definition) is 0. The fourth-order valence-electron chi connectivity index (χ4n) is 1.85. The molecule has 1 saturated carbocycles. The van der Waals surface area contributed by atoms with E-state index in [1.807, 2.05) is 0 Å². The molecule has 4 heteroatoms. The van der Waals surface area contributed by atoms with Crippen LogP contribution in [0.4, 0.5) is 0 Å². The topological polar surface area (TPSA) is 67.2 Å². The van der Waals surface area contributed by atoms with Crippen LogP contribution in [0.2, 0.25) is 0 Å². The third-order valence-corrected chi connectivity index (χ3v) is 2.78. The van der Waals surface area contributed by atoms with E-state index >= 15 is 0 Å². The van der Waals surface area contributed by atoms with E-state index in [0.717, 1.165) is 0 Å². The van der Waals surface area contributed by atoms with E-state index in [1.54, 1.807) is 20.1 Å². The van der Waals surface area contributed by atoms with Crippen LogP contribution in [0.1, 0.15) is 13.8 Å². The molecule has 1 aliphatic rings. The molecule has 2 unspecified atom stereocenters. The van der Waals surface area contributed by atoms with Gasteiger partial charge in [-0.2, -0.15) is 0 Å². The molecule has 1 amide bonds. The SMILES string of the molecule is COC1(C([NH])=O)C([C]=O)C1(C)C. The van der Waals surface area contributed by atoms with Crippen molar-refractivity contribution in [1.29, 1.82) is 0 Å². The van der Waals surface area contributed by atoms with Crippen LogP contribution < -0.4 is 5.73 Å². The van der Waals surface area contributed by atoms with Crippen molar-refractivity contribution in [2.45, 2.75) is 19.4 Å². The Morgan fingerprint density at radius 2 is 2.08 bits per heavy atom. The largest absolute Gasteiger partial charge is 0.367 e. The molecule has 4 nitrogen and oxygen atoms in total. The Labute approximate surface area is 71.1 Å². The zero-order valence-corrected chi connectivity index (χ0v) is 7.30. The van der Waals surface area contributed by atoms with Crippen molar-refractivity contribution in [2.75, 3.05) is 7.11 Å². The molecule has 1 fully saturated rings. The fourth-order valence-corrected chi connectivity index (χ4v) is 1.85. The number of rotatable bonds is 3. The van der Waals surface area contributed by atoms with E-state index in [2.05, 4.69) is 0 Å². The van der Waals surface area contributed by atoms with E-state index in [1.165, 1.54) is 7.11 Å². The fraction of sp³-hybridized carbons (Fsp3) is 0.750. The molecule has 12 heavy (non-hydrogen) atoms. The van der Waals surface area contributed by atoms with Crippen LogP contribution in [0, 0.1) is 11.3 Å². The summed E-state index contributed by atoms with van der Waals surface area (Å²) >= 11 is 0. The standard InChI is InChI=1S/C8H11NO3/c1-7(2)5(4-10)8(7,12-3)6(9)11/h5,9H,1-3H3. The molecule has 0 aliphatic heterocycles. The monoisotopic (exact) mass is 169 g/mol. The predicted molar refractivity (Wildman–Crippen MR) is 40.8 cm³/mol. The highest BCUT2D eigenvalue weighted by molar-refractivity contribution is 5.94. The smallest absolute Gasteiger partial charge is 0.271 e. The summed E-state index contributed by atoms with van der Waals surface area (Å²) in [4.78, 5) is 21.3. The van der Waals surface area contributed by atoms with Gasteiger partial charge in [-0.25, -0.2) is 0 Å². The highest BCUT2D eigenvalue weighted by atomic mass is 16.5. The summed E-state index contributed by atoms with van der Waals surface area (Å²) in [6.07, 6.45) is 1.74. The minimum Gasteiger partial charge on any atom is -0.367 e. The van der Waals surface area contributed by atoms with Gasteiger partial charge in [-0.1, -0.05) is 13.8 Å². The minimum absolute atomic E-state index is 0.581. The van der Waals surface area contributed by atoms with Crippen molar-refractivity contribution >= 4 is 12.2 Å². The van der Waals surface area contributed by atoms with E-state index in [4.69, 9.17) is 10.5 Å². The van der Waals surface area contributed by atoms with Gasteiger partial charge in [0.2, 0.25) is 6.29 Å². The van der Waals surface area contributed by atoms with E-state index in [9.17, 15) is 9.59 Å². The molecule has 0 bridgehead atoms. The quantitative estimate of drug-likeness (QED) is 0.594. The van der Waals surface area contributed by atoms with Gasteiger partial charge >= 0.3 is 0 Å². The normalized spacial score (nSPS) is 37.4. The van der Waals surface area contributed by atoms with Crippen molar-refractivity contribution in [2.24, 2.45) is 11.3 Å².